The van der Waals surface area contributed by atoms with Crippen LogP contribution in [0.5, 0.6) is 0 Å². The summed E-state index contributed by atoms with van der Waals surface area (Å²) in [5.41, 5.74) is 9.01. The van der Waals surface area contributed by atoms with Crippen molar-refractivity contribution >= 4 is 70.0 Å². The maximum Gasteiger partial charge on any atom is 0.322 e. The topological polar surface area (TPSA) is 190 Å². The first-order valence-corrected chi connectivity index (χ1v) is 15.0. The summed E-state index contributed by atoms with van der Waals surface area (Å²) in [5.74, 6) is -2.97. The van der Waals surface area contributed by atoms with E-state index in [1.54, 1.807) is 6.07 Å². The number of carbonyl (C=O) groups excluding carboxylic acids is 2. The van der Waals surface area contributed by atoms with E-state index in [4.69, 9.17) is 32.5 Å². The van der Waals surface area contributed by atoms with Gasteiger partial charge >= 0.3 is 11.9 Å². The maximum atomic E-state index is 12.8. The van der Waals surface area contributed by atoms with E-state index in [2.05, 4.69) is 32.8 Å². The van der Waals surface area contributed by atoms with Crippen molar-refractivity contribution in [1.29, 1.82) is 0 Å². The Morgan fingerprint density at radius 2 is 1.79 bits per heavy atom. The van der Waals surface area contributed by atoms with Crippen molar-refractivity contribution in [2.75, 3.05) is 50.8 Å². The molecule has 4 rings (SSSR count). The van der Waals surface area contributed by atoms with E-state index in [9.17, 15) is 19.2 Å². The molecule has 1 fully saturated rings. The van der Waals surface area contributed by atoms with E-state index in [1.165, 1.54) is 11.8 Å². The minimum absolute atomic E-state index is 0.00620. The zero-order chi connectivity index (χ0) is 31.1. The Hall–Kier alpha value is -3.85. The fourth-order valence-electron chi connectivity index (χ4n) is 4.54. The molecule has 0 radical (unpaired) electrons. The third kappa shape index (κ3) is 8.60. The van der Waals surface area contributed by atoms with Gasteiger partial charge in [-0.2, -0.15) is 0 Å². The van der Waals surface area contributed by atoms with Crippen LogP contribution in [0, 0.1) is 0 Å². The second kappa shape index (κ2) is 14.6. The second-order valence-corrected chi connectivity index (χ2v) is 11.7. The summed E-state index contributed by atoms with van der Waals surface area (Å²) in [6.07, 6.45) is -0.447. The van der Waals surface area contributed by atoms with Crippen molar-refractivity contribution in [3.63, 3.8) is 0 Å². The average molecular weight is 632 g/mol. The lowest BCUT2D eigenvalue weighted by molar-refractivity contribution is -0.138. The number of hydrogen-bond acceptors (Lipinski definition) is 10. The summed E-state index contributed by atoms with van der Waals surface area (Å²) in [7, 11) is 2.09. The highest BCUT2D eigenvalue weighted by Crippen LogP contribution is 2.41. The molecule has 0 aromatic heterocycles. The minimum atomic E-state index is -1.25. The SMILES string of the molecule is CN1CCN(C2=Nc3cc(Cl)c(SC[C@H](NC(=O)[C@@H](N)CCC(=O)O)C(=O)NCC(=O)O)cc3Nc3ccccc32)CC1. The van der Waals surface area contributed by atoms with Gasteiger partial charge in [0.15, 0.2) is 0 Å². The van der Waals surface area contributed by atoms with Crippen molar-refractivity contribution in [2.45, 2.75) is 29.8 Å². The molecule has 2 aliphatic heterocycles. The number of fused-ring (bicyclic) bond motifs is 2. The van der Waals surface area contributed by atoms with Crippen LogP contribution in [0.4, 0.5) is 17.1 Å². The van der Waals surface area contributed by atoms with Gasteiger partial charge in [0.25, 0.3) is 0 Å². The molecule has 2 heterocycles. The zero-order valence-electron chi connectivity index (χ0n) is 23.5. The number of carboxylic acids is 2. The lowest BCUT2D eigenvalue weighted by Gasteiger charge is -2.34. The summed E-state index contributed by atoms with van der Waals surface area (Å²) in [6, 6.07) is 9.13. The monoisotopic (exact) mass is 631 g/mol. The van der Waals surface area contributed by atoms with Crippen LogP contribution in [0.3, 0.4) is 0 Å². The van der Waals surface area contributed by atoms with Gasteiger partial charge in [0, 0.05) is 54.5 Å². The first kappa shape index (κ1) is 32.1. The number of amides is 2. The molecule has 1 saturated heterocycles. The van der Waals surface area contributed by atoms with E-state index in [0.717, 1.165) is 43.3 Å². The lowest BCUT2D eigenvalue weighted by atomic mass is 10.1. The number of nitrogens with one attached hydrogen (secondary N) is 3. The summed E-state index contributed by atoms with van der Waals surface area (Å²) >= 11 is 7.88. The third-order valence-corrected chi connectivity index (χ3v) is 8.55. The molecule has 2 aromatic carbocycles. The quantitative estimate of drug-likeness (QED) is 0.198. The second-order valence-electron chi connectivity index (χ2n) is 10.2. The maximum absolute atomic E-state index is 12.8. The van der Waals surface area contributed by atoms with Crippen molar-refractivity contribution < 1.29 is 29.4 Å². The summed E-state index contributed by atoms with van der Waals surface area (Å²) in [6.45, 7) is 2.85. The first-order valence-electron chi connectivity index (χ1n) is 13.6. The summed E-state index contributed by atoms with van der Waals surface area (Å²) in [5, 5.41) is 26.5. The number of carboxylic acid groups (broad SMARTS) is 2. The standard InChI is InChI=1S/C28H34ClN7O6S/c1-35-8-10-36(11-9-35)26-16-4-2-3-5-19(16)32-21-13-23(17(29)12-20(21)33-26)43-15-22(28(42)31-14-25(39)40)34-27(41)18(30)6-7-24(37)38/h2-5,12-13,18,22,32H,6-11,14-15,30H2,1H3,(H,31,42)(H,34,41)(H,37,38)(H,39,40)/t18-,22-/m0/s1. The van der Waals surface area contributed by atoms with Gasteiger partial charge in [0.2, 0.25) is 11.8 Å². The highest BCUT2D eigenvalue weighted by Gasteiger charge is 2.27. The average Bonchev–Trinajstić information content (AvgIpc) is 3.13. The van der Waals surface area contributed by atoms with Crippen LogP contribution >= 0.6 is 23.4 Å². The Labute approximate surface area is 257 Å². The van der Waals surface area contributed by atoms with Gasteiger partial charge in [-0.1, -0.05) is 23.7 Å². The van der Waals surface area contributed by atoms with Crippen molar-refractivity contribution in [3.8, 4) is 0 Å². The fraction of sp³-hybridized carbons (Fsp3) is 0.393. The van der Waals surface area contributed by atoms with E-state index < -0.39 is 42.4 Å². The zero-order valence-corrected chi connectivity index (χ0v) is 25.1. The van der Waals surface area contributed by atoms with Crippen LogP contribution < -0.4 is 21.7 Å². The van der Waals surface area contributed by atoms with Crippen LogP contribution in [-0.4, -0.2) is 107 Å². The number of benzene rings is 2. The molecular weight excluding hydrogens is 598 g/mol. The summed E-state index contributed by atoms with van der Waals surface area (Å²) in [4.78, 5) is 57.4. The van der Waals surface area contributed by atoms with E-state index >= 15 is 0 Å². The van der Waals surface area contributed by atoms with E-state index in [0.29, 0.717) is 21.3 Å². The van der Waals surface area contributed by atoms with Crippen LogP contribution in [0.2, 0.25) is 5.02 Å². The largest absolute Gasteiger partial charge is 0.481 e. The molecule has 0 unspecified atom stereocenters. The minimum Gasteiger partial charge on any atom is -0.481 e. The van der Waals surface area contributed by atoms with Crippen molar-refractivity contribution in [2.24, 2.45) is 10.7 Å². The molecule has 13 nitrogen and oxygen atoms in total. The molecule has 0 saturated carbocycles. The summed E-state index contributed by atoms with van der Waals surface area (Å²) < 4.78 is 0. The van der Waals surface area contributed by atoms with Gasteiger partial charge in [-0.3, -0.25) is 19.2 Å². The Balaban J connectivity index is 1.56. The molecule has 15 heteroatoms. The van der Waals surface area contributed by atoms with Crippen LogP contribution in [0.25, 0.3) is 0 Å². The Kier molecular flexibility index (Phi) is 10.9. The number of halogens is 1. The van der Waals surface area contributed by atoms with E-state index in [-0.39, 0.29) is 18.6 Å². The fourth-order valence-corrected chi connectivity index (χ4v) is 5.84. The van der Waals surface area contributed by atoms with Crippen molar-refractivity contribution in [1.82, 2.24) is 20.4 Å². The molecule has 7 N–H and O–H groups in total. The number of rotatable bonds is 11. The van der Waals surface area contributed by atoms with Gasteiger partial charge in [-0.15, -0.1) is 11.8 Å². The van der Waals surface area contributed by atoms with Crippen molar-refractivity contribution in [3.05, 3.63) is 47.0 Å². The number of nitrogens with two attached hydrogens (primary N) is 1. The molecule has 0 bridgehead atoms. The van der Waals surface area contributed by atoms with E-state index in [1.807, 2.05) is 30.3 Å². The van der Waals surface area contributed by atoms with Gasteiger partial charge in [-0.25, -0.2) is 4.99 Å². The molecule has 2 aliphatic rings. The predicted octanol–water partition coefficient (Wildman–Crippen LogP) is 1.69. The number of anilines is 2. The molecule has 2 atom stereocenters. The number of piperazine rings is 1. The Bertz CT molecular complexity index is 1420. The highest BCUT2D eigenvalue weighted by molar-refractivity contribution is 7.99. The highest BCUT2D eigenvalue weighted by atomic mass is 35.5. The number of aliphatic imine (C=N–C) groups is 1. The number of amidine groups is 1. The Morgan fingerprint density at radius 3 is 2.49 bits per heavy atom. The number of thioether (sulfide) groups is 1. The van der Waals surface area contributed by atoms with Gasteiger partial charge in [0.1, 0.15) is 18.4 Å². The first-order chi connectivity index (χ1) is 20.5. The molecule has 2 aromatic rings. The van der Waals surface area contributed by atoms with Crippen LogP contribution in [0.1, 0.15) is 18.4 Å². The molecule has 2 amide bonds. The molecule has 0 spiro atoms. The van der Waals surface area contributed by atoms with Crippen LogP contribution in [-0.2, 0) is 19.2 Å². The molecule has 0 aliphatic carbocycles. The van der Waals surface area contributed by atoms with Gasteiger partial charge in [0.05, 0.1) is 22.4 Å². The predicted molar refractivity (Wildman–Crippen MR) is 165 cm³/mol. The third-order valence-electron chi connectivity index (χ3n) is 6.97. The number of hydrogen-bond donors (Lipinski definition) is 6. The number of nitrogens with zero attached hydrogens (tertiary/aromatic N) is 3. The number of para-hydroxylation sites is 1. The molecular formula is C28H34ClN7O6S. The number of aliphatic carboxylic acids is 2. The molecule has 43 heavy (non-hydrogen) atoms. The lowest BCUT2D eigenvalue weighted by Crippen LogP contribution is -2.53. The smallest absolute Gasteiger partial charge is 0.322 e. The molecule has 230 valence electrons. The number of carbonyl (C=O) groups is 4. The van der Waals surface area contributed by atoms with Gasteiger partial charge < -0.3 is 41.7 Å². The Morgan fingerprint density at radius 1 is 1.07 bits per heavy atom. The van der Waals surface area contributed by atoms with Crippen LogP contribution in [0.15, 0.2) is 46.3 Å². The normalized spacial score (nSPS) is 16.0. The number of likely N-dealkylation sites (N-methyl/N-ethyl adjacent to an activating group) is 1. The van der Waals surface area contributed by atoms with Gasteiger partial charge in [-0.05, 0) is 37.7 Å².